The third kappa shape index (κ3) is 3.95. The molecule has 0 aliphatic heterocycles. The Kier molecular flexibility index (Phi) is 4.94. The van der Waals surface area contributed by atoms with Crippen molar-refractivity contribution in [1.29, 1.82) is 0 Å². The molecule has 2 nitrogen and oxygen atoms in total. The van der Waals surface area contributed by atoms with Crippen molar-refractivity contribution in [3.8, 4) is 0 Å². The van der Waals surface area contributed by atoms with Gasteiger partial charge >= 0.3 is 0 Å². The van der Waals surface area contributed by atoms with E-state index in [4.69, 9.17) is 0 Å². The monoisotopic (exact) mass is 267 g/mol. The molecule has 2 aromatic carbocycles. The smallest absolute Gasteiger partial charge is 0.156 e. The molecule has 0 atom stereocenters. The molecule has 0 amide bonds. The zero-order chi connectivity index (χ0) is 14.4. The van der Waals surface area contributed by atoms with E-state index >= 15 is 0 Å². The SMILES string of the molecule is CCN(CC(=O)Cc1ccccc1)c1cccc(C)c1. The highest BCUT2D eigenvalue weighted by Gasteiger charge is 2.10. The molecule has 0 aromatic heterocycles. The number of rotatable bonds is 6. The summed E-state index contributed by atoms with van der Waals surface area (Å²) in [4.78, 5) is 14.3. The summed E-state index contributed by atoms with van der Waals surface area (Å²) in [5, 5.41) is 0. The second-order valence-corrected chi connectivity index (χ2v) is 5.05. The van der Waals surface area contributed by atoms with Crippen LogP contribution in [0.1, 0.15) is 18.1 Å². The number of carbonyl (C=O) groups is 1. The molecule has 0 heterocycles. The molecule has 0 aliphatic carbocycles. The molecule has 0 aliphatic rings. The molecular weight excluding hydrogens is 246 g/mol. The topological polar surface area (TPSA) is 20.3 Å². The van der Waals surface area contributed by atoms with E-state index in [1.807, 2.05) is 36.4 Å². The first-order valence-electron chi connectivity index (χ1n) is 7.06. The molecule has 104 valence electrons. The van der Waals surface area contributed by atoms with Crippen LogP contribution in [-0.2, 0) is 11.2 Å². The van der Waals surface area contributed by atoms with E-state index in [-0.39, 0.29) is 5.78 Å². The summed E-state index contributed by atoms with van der Waals surface area (Å²) in [5.41, 5.74) is 3.42. The van der Waals surface area contributed by atoms with E-state index in [0.717, 1.165) is 17.8 Å². The summed E-state index contributed by atoms with van der Waals surface area (Å²) in [6, 6.07) is 18.2. The molecule has 20 heavy (non-hydrogen) atoms. The minimum Gasteiger partial charge on any atom is -0.364 e. The van der Waals surface area contributed by atoms with Gasteiger partial charge in [0.2, 0.25) is 0 Å². The Morgan fingerprint density at radius 1 is 1.05 bits per heavy atom. The molecule has 0 bridgehead atoms. The van der Waals surface area contributed by atoms with Crippen LogP contribution in [0.15, 0.2) is 54.6 Å². The molecule has 0 unspecified atom stereocenters. The standard InChI is InChI=1S/C18H21NO/c1-3-19(17-11-7-8-15(2)12-17)14-18(20)13-16-9-5-4-6-10-16/h4-12H,3,13-14H2,1-2H3. The maximum Gasteiger partial charge on any atom is 0.156 e. The number of ketones is 1. The van der Waals surface area contributed by atoms with Crippen molar-refractivity contribution in [3.05, 3.63) is 65.7 Å². The average Bonchev–Trinajstić information content (AvgIpc) is 2.46. The second-order valence-electron chi connectivity index (χ2n) is 5.05. The van der Waals surface area contributed by atoms with E-state index in [2.05, 4.69) is 36.9 Å². The first kappa shape index (κ1) is 14.3. The Hall–Kier alpha value is -2.09. The molecule has 2 aromatic rings. The maximum absolute atomic E-state index is 12.2. The Morgan fingerprint density at radius 3 is 2.45 bits per heavy atom. The maximum atomic E-state index is 12.2. The van der Waals surface area contributed by atoms with Gasteiger partial charge in [-0.15, -0.1) is 0 Å². The number of nitrogens with zero attached hydrogens (tertiary/aromatic N) is 1. The summed E-state index contributed by atoms with van der Waals surface area (Å²) in [6.45, 7) is 5.46. The minimum absolute atomic E-state index is 0.250. The van der Waals surface area contributed by atoms with E-state index in [1.165, 1.54) is 5.56 Å². The van der Waals surface area contributed by atoms with Crippen LogP contribution < -0.4 is 4.90 Å². The second kappa shape index (κ2) is 6.90. The van der Waals surface area contributed by atoms with Crippen LogP contribution in [0.3, 0.4) is 0 Å². The number of aryl methyl sites for hydroxylation is 1. The van der Waals surface area contributed by atoms with Gasteiger partial charge in [-0.3, -0.25) is 4.79 Å². The van der Waals surface area contributed by atoms with Crippen molar-refractivity contribution in [2.45, 2.75) is 20.3 Å². The minimum atomic E-state index is 0.250. The van der Waals surface area contributed by atoms with E-state index < -0.39 is 0 Å². The zero-order valence-corrected chi connectivity index (χ0v) is 12.2. The highest BCUT2D eigenvalue weighted by atomic mass is 16.1. The number of hydrogen-bond donors (Lipinski definition) is 0. The summed E-state index contributed by atoms with van der Waals surface area (Å²) in [5.74, 6) is 0.250. The Balaban J connectivity index is 2.01. The van der Waals surface area contributed by atoms with Gasteiger partial charge in [-0.1, -0.05) is 42.5 Å². The molecule has 2 rings (SSSR count). The van der Waals surface area contributed by atoms with Crippen molar-refractivity contribution in [1.82, 2.24) is 0 Å². The fourth-order valence-electron chi connectivity index (χ4n) is 2.30. The lowest BCUT2D eigenvalue weighted by Crippen LogP contribution is -2.30. The Bertz CT molecular complexity index is 563. The van der Waals surface area contributed by atoms with Crippen LogP contribution in [0.2, 0.25) is 0 Å². The van der Waals surface area contributed by atoms with E-state index in [1.54, 1.807) is 0 Å². The van der Waals surface area contributed by atoms with Crippen LogP contribution in [0.25, 0.3) is 0 Å². The molecule has 0 fully saturated rings. The van der Waals surface area contributed by atoms with Crippen molar-refractivity contribution < 1.29 is 4.79 Å². The fraction of sp³-hybridized carbons (Fsp3) is 0.278. The lowest BCUT2D eigenvalue weighted by atomic mass is 10.1. The van der Waals surface area contributed by atoms with Crippen LogP contribution in [0, 0.1) is 6.92 Å². The van der Waals surface area contributed by atoms with Gasteiger partial charge < -0.3 is 4.90 Å². The first-order valence-corrected chi connectivity index (χ1v) is 7.06. The van der Waals surface area contributed by atoms with Crippen LogP contribution in [0.4, 0.5) is 5.69 Å². The van der Waals surface area contributed by atoms with Crippen LogP contribution in [0.5, 0.6) is 0 Å². The number of hydrogen-bond acceptors (Lipinski definition) is 2. The fourth-order valence-corrected chi connectivity index (χ4v) is 2.30. The van der Waals surface area contributed by atoms with E-state index in [9.17, 15) is 4.79 Å². The van der Waals surface area contributed by atoms with Gasteiger partial charge in [0, 0.05) is 18.7 Å². The van der Waals surface area contributed by atoms with Crippen LogP contribution in [-0.4, -0.2) is 18.9 Å². The van der Waals surface area contributed by atoms with Gasteiger partial charge in [-0.25, -0.2) is 0 Å². The molecule has 0 spiro atoms. The molecular formula is C18H21NO. The number of anilines is 1. The highest BCUT2D eigenvalue weighted by molar-refractivity contribution is 5.85. The number of Topliss-reactive ketones (excluding diaryl/α,β-unsaturated/α-hetero) is 1. The number of likely N-dealkylation sites (N-methyl/N-ethyl adjacent to an activating group) is 1. The molecule has 0 saturated carbocycles. The Morgan fingerprint density at radius 2 is 1.80 bits per heavy atom. The zero-order valence-electron chi connectivity index (χ0n) is 12.2. The summed E-state index contributed by atoms with van der Waals surface area (Å²) >= 11 is 0. The summed E-state index contributed by atoms with van der Waals surface area (Å²) in [7, 11) is 0. The van der Waals surface area contributed by atoms with Gasteiger partial charge in [0.1, 0.15) is 0 Å². The Labute approximate surface area is 121 Å². The van der Waals surface area contributed by atoms with Gasteiger partial charge in [0.25, 0.3) is 0 Å². The lowest BCUT2D eigenvalue weighted by molar-refractivity contribution is -0.117. The predicted molar refractivity (Wildman–Crippen MR) is 84.2 cm³/mol. The van der Waals surface area contributed by atoms with Gasteiger partial charge in [0.05, 0.1) is 6.54 Å². The largest absolute Gasteiger partial charge is 0.364 e. The first-order chi connectivity index (χ1) is 9.69. The molecule has 0 saturated heterocycles. The number of carbonyl (C=O) groups excluding carboxylic acids is 1. The third-order valence-electron chi connectivity index (χ3n) is 3.36. The lowest BCUT2D eigenvalue weighted by Gasteiger charge is -2.22. The predicted octanol–water partition coefficient (Wildman–Crippen LogP) is 3.63. The van der Waals surface area contributed by atoms with Crippen molar-refractivity contribution in [2.24, 2.45) is 0 Å². The number of benzene rings is 2. The quantitative estimate of drug-likeness (QED) is 0.796. The van der Waals surface area contributed by atoms with Crippen molar-refractivity contribution in [3.63, 3.8) is 0 Å². The normalized spacial score (nSPS) is 10.3. The van der Waals surface area contributed by atoms with Gasteiger partial charge in [0.15, 0.2) is 5.78 Å². The van der Waals surface area contributed by atoms with Gasteiger partial charge in [-0.2, -0.15) is 0 Å². The summed E-state index contributed by atoms with van der Waals surface area (Å²) < 4.78 is 0. The van der Waals surface area contributed by atoms with Crippen LogP contribution >= 0.6 is 0 Å². The van der Waals surface area contributed by atoms with Gasteiger partial charge in [-0.05, 0) is 37.1 Å². The van der Waals surface area contributed by atoms with E-state index in [0.29, 0.717) is 13.0 Å². The highest BCUT2D eigenvalue weighted by Crippen LogP contribution is 2.15. The van der Waals surface area contributed by atoms with Crippen molar-refractivity contribution in [2.75, 3.05) is 18.0 Å². The van der Waals surface area contributed by atoms with Crippen molar-refractivity contribution >= 4 is 11.5 Å². The third-order valence-corrected chi connectivity index (χ3v) is 3.36. The molecule has 0 N–H and O–H groups in total. The molecule has 0 radical (unpaired) electrons. The molecule has 2 heteroatoms. The summed E-state index contributed by atoms with van der Waals surface area (Å²) in [6.07, 6.45) is 0.503. The average molecular weight is 267 g/mol.